The summed E-state index contributed by atoms with van der Waals surface area (Å²) in [5.74, 6) is 6.23. The number of nitrogen functional groups attached to an aromatic ring is 1. The van der Waals surface area contributed by atoms with Gasteiger partial charge in [0, 0.05) is 26.0 Å². The molecule has 0 aromatic carbocycles. The fourth-order valence-electron chi connectivity index (χ4n) is 1.66. The van der Waals surface area contributed by atoms with Gasteiger partial charge in [0.25, 0.3) is 0 Å². The number of likely N-dealkylation sites (N-methyl/N-ethyl adjacent to an activating group) is 1. The first-order valence-corrected chi connectivity index (χ1v) is 5.82. The SMILES string of the molecule is CN(CCc1ccncc1)c1ccc(NN)cn1. The molecule has 2 rings (SSSR count). The number of aromatic nitrogens is 2. The molecule has 0 unspecified atom stereocenters. The molecule has 0 saturated carbocycles. The first-order valence-electron chi connectivity index (χ1n) is 5.82. The van der Waals surface area contributed by atoms with E-state index in [1.807, 2.05) is 43.7 Å². The van der Waals surface area contributed by atoms with Gasteiger partial charge in [-0.15, -0.1) is 0 Å². The third-order valence-electron chi connectivity index (χ3n) is 2.79. The van der Waals surface area contributed by atoms with Crippen LogP contribution >= 0.6 is 0 Å². The Hall–Kier alpha value is -2.14. The fourth-order valence-corrected chi connectivity index (χ4v) is 1.66. The van der Waals surface area contributed by atoms with E-state index in [1.54, 1.807) is 6.20 Å². The first-order chi connectivity index (χ1) is 8.79. The van der Waals surface area contributed by atoms with Crippen molar-refractivity contribution in [1.29, 1.82) is 0 Å². The van der Waals surface area contributed by atoms with Gasteiger partial charge in [-0.2, -0.15) is 0 Å². The normalized spacial score (nSPS) is 10.1. The van der Waals surface area contributed by atoms with Gasteiger partial charge in [-0.3, -0.25) is 10.8 Å². The standard InChI is InChI=1S/C13H17N5/c1-18(9-6-11-4-7-15-8-5-11)13-3-2-12(17-14)10-16-13/h2-5,7-8,10,17H,6,9,14H2,1H3. The van der Waals surface area contributed by atoms with Crippen LogP contribution in [0.2, 0.25) is 0 Å². The Morgan fingerprint density at radius 3 is 2.61 bits per heavy atom. The van der Waals surface area contributed by atoms with E-state index in [1.165, 1.54) is 5.56 Å². The number of hydrazine groups is 1. The van der Waals surface area contributed by atoms with Gasteiger partial charge >= 0.3 is 0 Å². The van der Waals surface area contributed by atoms with Crippen molar-refractivity contribution in [1.82, 2.24) is 9.97 Å². The van der Waals surface area contributed by atoms with E-state index in [0.717, 1.165) is 24.5 Å². The summed E-state index contributed by atoms with van der Waals surface area (Å²) in [5.41, 5.74) is 4.64. The van der Waals surface area contributed by atoms with Gasteiger partial charge in [0.05, 0.1) is 11.9 Å². The number of pyridine rings is 2. The Balaban J connectivity index is 1.93. The maximum absolute atomic E-state index is 5.30. The molecule has 0 radical (unpaired) electrons. The third-order valence-corrected chi connectivity index (χ3v) is 2.79. The molecule has 0 spiro atoms. The van der Waals surface area contributed by atoms with Crippen molar-refractivity contribution in [3.63, 3.8) is 0 Å². The summed E-state index contributed by atoms with van der Waals surface area (Å²) < 4.78 is 0. The Labute approximate surface area is 107 Å². The van der Waals surface area contributed by atoms with E-state index in [4.69, 9.17) is 5.84 Å². The monoisotopic (exact) mass is 243 g/mol. The molecular formula is C13H17N5. The summed E-state index contributed by atoms with van der Waals surface area (Å²) >= 11 is 0. The van der Waals surface area contributed by atoms with Gasteiger partial charge in [0.15, 0.2) is 0 Å². The van der Waals surface area contributed by atoms with Crippen LogP contribution in [-0.4, -0.2) is 23.6 Å². The van der Waals surface area contributed by atoms with E-state index < -0.39 is 0 Å². The molecule has 0 atom stereocenters. The molecule has 0 fully saturated rings. The van der Waals surface area contributed by atoms with Crippen LogP contribution in [-0.2, 0) is 6.42 Å². The van der Waals surface area contributed by atoms with Crippen molar-refractivity contribution in [2.45, 2.75) is 6.42 Å². The molecule has 0 saturated heterocycles. The van der Waals surface area contributed by atoms with Crippen molar-refractivity contribution in [2.24, 2.45) is 5.84 Å². The second kappa shape index (κ2) is 5.97. The zero-order valence-corrected chi connectivity index (χ0v) is 10.4. The molecule has 0 aliphatic heterocycles. The molecule has 2 aromatic heterocycles. The highest BCUT2D eigenvalue weighted by Gasteiger charge is 2.02. The zero-order valence-electron chi connectivity index (χ0n) is 10.4. The van der Waals surface area contributed by atoms with Gasteiger partial charge in [-0.05, 0) is 36.2 Å². The average molecular weight is 243 g/mol. The molecule has 5 nitrogen and oxygen atoms in total. The van der Waals surface area contributed by atoms with Gasteiger partial charge < -0.3 is 10.3 Å². The smallest absolute Gasteiger partial charge is 0.128 e. The lowest BCUT2D eigenvalue weighted by Gasteiger charge is -2.18. The predicted molar refractivity (Wildman–Crippen MR) is 73.3 cm³/mol. The summed E-state index contributed by atoms with van der Waals surface area (Å²) in [7, 11) is 2.03. The van der Waals surface area contributed by atoms with Crippen molar-refractivity contribution in [3.8, 4) is 0 Å². The van der Waals surface area contributed by atoms with E-state index in [-0.39, 0.29) is 0 Å². The maximum Gasteiger partial charge on any atom is 0.128 e. The van der Waals surface area contributed by atoms with Crippen LogP contribution in [0, 0.1) is 0 Å². The number of nitrogens with zero attached hydrogens (tertiary/aromatic N) is 3. The minimum absolute atomic E-state index is 0.807. The van der Waals surface area contributed by atoms with Crippen LogP contribution in [0.4, 0.5) is 11.5 Å². The van der Waals surface area contributed by atoms with Crippen LogP contribution in [0.25, 0.3) is 0 Å². The van der Waals surface area contributed by atoms with Gasteiger partial charge in [-0.1, -0.05) is 0 Å². The molecule has 0 aliphatic carbocycles. The number of nitrogens with two attached hydrogens (primary N) is 1. The topological polar surface area (TPSA) is 67.1 Å². The first kappa shape index (κ1) is 12.3. The second-order valence-electron chi connectivity index (χ2n) is 4.08. The zero-order chi connectivity index (χ0) is 12.8. The summed E-state index contributed by atoms with van der Waals surface area (Å²) in [6, 6.07) is 7.92. The molecule has 18 heavy (non-hydrogen) atoms. The Morgan fingerprint density at radius 2 is 2.00 bits per heavy atom. The number of anilines is 2. The Bertz CT molecular complexity index is 469. The molecule has 0 amide bonds. The highest BCUT2D eigenvalue weighted by atomic mass is 15.2. The Morgan fingerprint density at radius 1 is 1.22 bits per heavy atom. The molecule has 94 valence electrons. The molecule has 0 bridgehead atoms. The minimum atomic E-state index is 0.807. The van der Waals surface area contributed by atoms with E-state index >= 15 is 0 Å². The number of nitrogens with one attached hydrogen (secondary N) is 1. The third kappa shape index (κ3) is 3.18. The minimum Gasteiger partial charge on any atom is -0.359 e. The van der Waals surface area contributed by atoms with Crippen LogP contribution in [0.15, 0.2) is 42.9 Å². The summed E-state index contributed by atoms with van der Waals surface area (Å²) in [6.07, 6.45) is 6.32. The maximum atomic E-state index is 5.30. The van der Waals surface area contributed by atoms with Crippen molar-refractivity contribution in [2.75, 3.05) is 23.9 Å². The largest absolute Gasteiger partial charge is 0.359 e. The fraction of sp³-hybridized carbons (Fsp3) is 0.231. The number of hydrogen-bond acceptors (Lipinski definition) is 5. The van der Waals surface area contributed by atoms with Crippen LogP contribution in [0.1, 0.15) is 5.56 Å². The van der Waals surface area contributed by atoms with E-state index in [0.29, 0.717) is 0 Å². The van der Waals surface area contributed by atoms with Crippen molar-refractivity contribution in [3.05, 3.63) is 48.4 Å². The molecule has 3 N–H and O–H groups in total. The highest BCUT2D eigenvalue weighted by molar-refractivity contribution is 5.47. The molecule has 2 aromatic rings. The lowest BCUT2D eigenvalue weighted by molar-refractivity contribution is 0.858. The Kier molecular flexibility index (Phi) is 4.09. The predicted octanol–water partition coefficient (Wildman–Crippen LogP) is 1.44. The van der Waals surface area contributed by atoms with Gasteiger partial charge in [-0.25, -0.2) is 4.98 Å². The summed E-state index contributed by atoms with van der Waals surface area (Å²) in [6.45, 7) is 0.909. The van der Waals surface area contributed by atoms with Crippen LogP contribution in [0.3, 0.4) is 0 Å². The molecular weight excluding hydrogens is 226 g/mol. The number of hydrogen-bond donors (Lipinski definition) is 2. The van der Waals surface area contributed by atoms with E-state index in [2.05, 4.69) is 20.3 Å². The molecule has 5 heteroatoms. The highest BCUT2D eigenvalue weighted by Crippen LogP contribution is 2.12. The van der Waals surface area contributed by atoms with Crippen LogP contribution < -0.4 is 16.2 Å². The quantitative estimate of drug-likeness (QED) is 0.614. The van der Waals surface area contributed by atoms with Crippen molar-refractivity contribution < 1.29 is 0 Å². The van der Waals surface area contributed by atoms with Gasteiger partial charge in [0.2, 0.25) is 0 Å². The molecule has 0 aliphatic rings. The van der Waals surface area contributed by atoms with Crippen LogP contribution in [0.5, 0.6) is 0 Å². The average Bonchev–Trinajstić information content (AvgIpc) is 2.46. The van der Waals surface area contributed by atoms with Gasteiger partial charge in [0.1, 0.15) is 5.82 Å². The lowest BCUT2D eigenvalue weighted by Crippen LogP contribution is -2.21. The molecule has 2 heterocycles. The van der Waals surface area contributed by atoms with Crippen molar-refractivity contribution >= 4 is 11.5 Å². The summed E-state index contributed by atoms with van der Waals surface area (Å²) in [5, 5.41) is 0. The number of rotatable bonds is 5. The van der Waals surface area contributed by atoms with E-state index in [9.17, 15) is 0 Å². The summed E-state index contributed by atoms with van der Waals surface area (Å²) in [4.78, 5) is 10.4. The lowest BCUT2D eigenvalue weighted by atomic mass is 10.2. The second-order valence-corrected chi connectivity index (χ2v) is 4.08.